The number of nitrogens with one attached hydrogen (secondary N) is 2. The molecule has 0 aliphatic heterocycles. The van der Waals surface area contributed by atoms with Gasteiger partial charge in [0.15, 0.2) is 11.5 Å². The first-order chi connectivity index (χ1) is 14.8. The molecule has 2 N–H and O–H groups in total. The second kappa shape index (κ2) is 11.1. The number of carbonyl (C=O) groups is 2. The summed E-state index contributed by atoms with van der Waals surface area (Å²) in [5, 5.41) is 7.00. The van der Waals surface area contributed by atoms with Crippen molar-refractivity contribution in [2.24, 2.45) is 5.10 Å². The van der Waals surface area contributed by atoms with Crippen LogP contribution in [0.2, 0.25) is 5.02 Å². The van der Waals surface area contributed by atoms with Crippen molar-refractivity contribution in [3.8, 4) is 23.0 Å². The molecule has 9 nitrogen and oxygen atoms in total. The monoisotopic (exact) mass is 449 g/mol. The lowest BCUT2D eigenvalue weighted by Gasteiger charge is -2.13. The molecule has 0 bridgehead atoms. The predicted molar refractivity (Wildman–Crippen MR) is 118 cm³/mol. The topological polar surface area (TPSA) is 107 Å². The Morgan fingerprint density at radius 1 is 0.903 bits per heavy atom. The first kappa shape index (κ1) is 23.8. The van der Waals surface area contributed by atoms with Gasteiger partial charge in [0.05, 0.1) is 45.6 Å². The number of amides is 2. The predicted octanol–water partition coefficient (Wildman–Crippen LogP) is 3.51. The summed E-state index contributed by atoms with van der Waals surface area (Å²) in [7, 11) is 5.93. The van der Waals surface area contributed by atoms with Crippen LogP contribution in [0.4, 0.5) is 5.69 Å². The van der Waals surface area contributed by atoms with E-state index in [-0.39, 0.29) is 12.3 Å². The lowest BCUT2D eigenvalue weighted by molar-refractivity contribution is -0.115. The van der Waals surface area contributed by atoms with Crippen molar-refractivity contribution >= 4 is 34.8 Å². The maximum Gasteiger partial charge on any atom is 0.271 e. The Labute approximate surface area is 185 Å². The van der Waals surface area contributed by atoms with Gasteiger partial charge in [-0.3, -0.25) is 9.59 Å². The highest BCUT2D eigenvalue weighted by atomic mass is 35.5. The number of halogens is 1. The van der Waals surface area contributed by atoms with E-state index in [1.165, 1.54) is 40.6 Å². The Morgan fingerprint density at radius 2 is 1.55 bits per heavy atom. The van der Waals surface area contributed by atoms with Crippen LogP contribution < -0.4 is 29.7 Å². The van der Waals surface area contributed by atoms with Gasteiger partial charge in [-0.25, -0.2) is 5.43 Å². The molecule has 31 heavy (non-hydrogen) atoms. The number of hydrogen-bond donors (Lipinski definition) is 2. The molecule has 0 saturated heterocycles. The SMILES string of the molecule is COc1cc(OC)c(NC(=O)C/C(C)=N\NC(=O)c2ccc(OC)c(OC)c2)cc1Cl. The summed E-state index contributed by atoms with van der Waals surface area (Å²) in [5.74, 6) is 0.926. The largest absolute Gasteiger partial charge is 0.495 e. The van der Waals surface area contributed by atoms with Gasteiger partial charge in [0.25, 0.3) is 5.91 Å². The molecule has 0 aromatic heterocycles. The molecular weight excluding hydrogens is 426 g/mol. The van der Waals surface area contributed by atoms with Crippen molar-refractivity contribution < 1.29 is 28.5 Å². The third-order valence-electron chi connectivity index (χ3n) is 4.16. The zero-order valence-electron chi connectivity index (χ0n) is 17.9. The fourth-order valence-corrected chi connectivity index (χ4v) is 2.85. The number of hydrogen-bond acceptors (Lipinski definition) is 7. The minimum atomic E-state index is -0.454. The van der Waals surface area contributed by atoms with Gasteiger partial charge in [0.1, 0.15) is 11.5 Å². The maximum atomic E-state index is 12.4. The second-order valence-corrected chi connectivity index (χ2v) is 6.68. The van der Waals surface area contributed by atoms with E-state index in [4.69, 9.17) is 30.5 Å². The molecule has 2 amide bonds. The zero-order valence-corrected chi connectivity index (χ0v) is 18.6. The van der Waals surface area contributed by atoms with Gasteiger partial charge in [0, 0.05) is 17.3 Å². The summed E-state index contributed by atoms with van der Waals surface area (Å²) in [6, 6.07) is 7.83. The summed E-state index contributed by atoms with van der Waals surface area (Å²) in [4.78, 5) is 24.7. The van der Waals surface area contributed by atoms with Gasteiger partial charge in [-0.1, -0.05) is 11.6 Å². The van der Waals surface area contributed by atoms with Crippen LogP contribution in [-0.2, 0) is 4.79 Å². The average Bonchev–Trinajstić information content (AvgIpc) is 2.76. The van der Waals surface area contributed by atoms with Gasteiger partial charge >= 0.3 is 0 Å². The van der Waals surface area contributed by atoms with Gasteiger partial charge in [0.2, 0.25) is 5.91 Å². The lowest BCUT2D eigenvalue weighted by atomic mass is 10.2. The van der Waals surface area contributed by atoms with Gasteiger partial charge in [-0.2, -0.15) is 5.10 Å². The van der Waals surface area contributed by atoms with Crippen molar-refractivity contribution in [1.29, 1.82) is 0 Å². The average molecular weight is 450 g/mol. The molecule has 0 unspecified atom stereocenters. The van der Waals surface area contributed by atoms with Crippen molar-refractivity contribution in [2.75, 3.05) is 33.8 Å². The minimum absolute atomic E-state index is 0.0565. The van der Waals surface area contributed by atoms with E-state index in [0.29, 0.717) is 45.0 Å². The molecule has 0 atom stereocenters. The highest BCUT2D eigenvalue weighted by molar-refractivity contribution is 6.32. The smallest absolute Gasteiger partial charge is 0.271 e. The van der Waals surface area contributed by atoms with Crippen LogP contribution in [-0.4, -0.2) is 46.0 Å². The van der Waals surface area contributed by atoms with Gasteiger partial charge in [-0.05, 0) is 31.2 Å². The first-order valence-electron chi connectivity index (χ1n) is 9.09. The van der Waals surface area contributed by atoms with Gasteiger partial charge in [-0.15, -0.1) is 0 Å². The fraction of sp³-hybridized carbons (Fsp3) is 0.286. The maximum absolute atomic E-state index is 12.4. The number of ether oxygens (including phenoxy) is 4. The lowest BCUT2D eigenvalue weighted by Crippen LogP contribution is -2.21. The van der Waals surface area contributed by atoms with Crippen LogP contribution in [0.3, 0.4) is 0 Å². The molecule has 2 rings (SSSR count). The van der Waals surface area contributed by atoms with Crippen molar-refractivity contribution in [3.05, 3.63) is 40.9 Å². The third kappa shape index (κ3) is 6.26. The molecular formula is C21H24ClN3O6. The number of hydrazone groups is 1. The molecule has 2 aromatic carbocycles. The molecule has 0 saturated carbocycles. The summed E-state index contributed by atoms with van der Waals surface area (Å²) in [5.41, 5.74) is 3.53. The number of nitrogens with zero attached hydrogens (tertiary/aromatic N) is 1. The Hall–Kier alpha value is -3.46. The molecule has 2 aromatic rings. The van der Waals surface area contributed by atoms with E-state index in [1.54, 1.807) is 25.1 Å². The Balaban J connectivity index is 2.02. The van der Waals surface area contributed by atoms with Crippen LogP contribution in [0, 0.1) is 0 Å². The first-order valence-corrected chi connectivity index (χ1v) is 9.47. The summed E-state index contributed by atoms with van der Waals surface area (Å²) >= 11 is 6.11. The number of carbonyl (C=O) groups excluding carboxylic acids is 2. The highest BCUT2D eigenvalue weighted by Gasteiger charge is 2.14. The molecule has 0 spiro atoms. The van der Waals surface area contributed by atoms with Crippen molar-refractivity contribution in [3.63, 3.8) is 0 Å². The van der Waals surface area contributed by atoms with E-state index in [2.05, 4.69) is 15.8 Å². The van der Waals surface area contributed by atoms with Crippen LogP contribution in [0.25, 0.3) is 0 Å². The molecule has 0 aliphatic carbocycles. The van der Waals surface area contributed by atoms with Crippen molar-refractivity contribution in [1.82, 2.24) is 5.43 Å². The minimum Gasteiger partial charge on any atom is -0.495 e. The molecule has 10 heteroatoms. The van der Waals surface area contributed by atoms with E-state index < -0.39 is 5.91 Å². The van der Waals surface area contributed by atoms with E-state index in [0.717, 1.165) is 0 Å². The highest BCUT2D eigenvalue weighted by Crippen LogP contribution is 2.36. The third-order valence-corrected chi connectivity index (χ3v) is 4.45. The molecule has 0 radical (unpaired) electrons. The normalized spacial score (nSPS) is 10.8. The molecule has 166 valence electrons. The quantitative estimate of drug-likeness (QED) is 0.448. The number of rotatable bonds is 9. The number of anilines is 1. The molecule has 0 heterocycles. The summed E-state index contributed by atoms with van der Waals surface area (Å²) in [6.07, 6.45) is -0.0565. The van der Waals surface area contributed by atoms with Crippen LogP contribution >= 0.6 is 11.6 Å². The van der Waals surface area contributed by atoms with Crippen LogP contribution in [0.1, 0.15) is 23.7 Å². The van der Waals surface area contributed by atoms with Gasteiger partial charge < -0.3 is 24.3 Å². The van der Waals surface area contributed by atoms with Crippen LogP contribution in [0.15, 0.2) is 35.4 Å². The van der Waals surface area contributed by atoms with E-state index >= 15 is 0 Å². The second-order valence-electron chi connectivity index (χ2n) is 6.27. The fourth-order valence-electron chi connectivity index (χ4n) is 2.61. The van der Waals surface area contributed by atoms with E-state index in [1.807, 2.05) is 0 Å². The summed E-state index contributed by atoms with van der Waals surface area (Å²) in [6.45, 7) is 1.62. The molecule has 0 aliphatic rings. The Bertz CT molecular complexity index is 993. The Morgan fingerprint density at radius 3 is 2.16 bits per heavy atom. The van der Waals surface area contributed by atoms with E-state index in [9.17, 15) is 9.59 Å². The number of benzene rings is 2. The standard InChI is InChI=1S/C21H24ClN3O6/c1-12(24-25-21(27)13-6-7-16(28-2)19(9-13)31-5)8-20(26)23-15-10-14(22)17(29-3)11-18(15)30-4/h6-7,9-11H,8H2,1-5H3,(H,23,26)(H,25,27)/b24-12-. The molecule has 0 fully saturated rings. The Kier molecular flexibility index (Phi) is 8.51. The number of methoxy groups -OCH3 is 4. The summed E-state index contributed by atoms with van der Waals surface area (Å²) < 4.78 is 20.7. The van der Waals surface area contributed by atoms with Crippen LogP contribution in [0.5, 0.6) is 23.0 Å². The van der Waals surface area contributed by atoms with Crippen molar-refractivity contribution in [2.45, 2.75) is 13.3 Å². The zero-order chi connectivity index (χ0) is 23.0.